The lowest BCUT2D eigenvalue weighted by molar-refractivity contribution is -0.171. The molecule has 3 heterocycles. The van der Waals surface area contributed by atoms with Crippen molar-refractivity contribution in [1.29, 1.82) is 0 Å². The van der Waals surface area contributed by atoms with E-state index in [9.17, 15) is 24.6 Å². The van der Waals surface area contributed by atoms with Crippen molar-refractivity contribution in [3.8, 4) is 11.5 Å². The van der Waals surface area contributed by atoms with Crippen LogP contribution in [0.25, 0.3) is 0 Å². The molecule has 3 saturated heterocycles. The number of amides is 2. The molecule has 5 fully saturated rings. The van der Waals surface area contributed by atoms with Crippen LogP contribution in [0.4, 0.5) is 10.5 Å². The fourth-order valence-corrected chi connectivity index (χ4v) is 6.34. The van der Waals surface area contributed by atoms with Crippen molar-refractivity contribution in [2.75, 3.05) is 25.6 Å². The summed E-state index contributed by atoms with van der Waals surface area (Å²) in [6.45, 7) is 2.63. The van der Waals surface area contributed by atoms with Crippen molar-refractivity contribution >= 4 is 23.7 Å². The summed E-state index contributed by atoms with van der Waals surface area (Å²) >= 11 is 0. The van der Waals surface area contributed by atoms with Gasteiger partial charge in [-0.3, -0.25) is 4.79 Å². The largest absolute Gasteiger partial charge is 0.506 e. The minimum Gasteiger partial charge on any atom is -0.506 e. The zero-order chi connectivity index (χ0) is 22.8. The number of anilines is 1. The lowest BCUT2D eigenvalue weighted by atomic mass is 9.69. The maximum Gasteiger partial charge on any atom is 0.410 e. The normalized spacial score (nSPS) is 34.2. The zero-order valence-electron chi connectivity index (χ0n) is 17.9. The molecule has 5 unspecified atom stereocenters. The van der Waals surface area contributed by atoms with Crippen molar-refractivity contribution < 1.29 is 38.8 Å². The number of aromatic hydroxyl groups is 2. The van der Waals surface area contributed by atoms with Crippen molar-refractivity contribution in [3.63, 3.8) is 0 Å². The zero-order valence-corrected chi connectivity index (χ0v) is 17.9. The van der Waals surface area contributed by atoms with Gasteiger partial charge in [0.15, 0.2) is 5.75 Å². The van der Waals surface area contributed by atoms with Crippen LogP contribution < -0.4 is 5.32 Å². The summed E-state index contributed by atoms with van der Waals surface area (Å²) in [5.74, 6) is -1.86. The van der Waals surface area contributed by atoms with Gasteiger partial charge in [0.25, 0.3) is 0 Å². The number of hydrogen-bond donors (Lipinski definition) is 3. The van der Waals surface area contributed by atoms with Crippen LogP contribution in [-0.4, -0.2) is 71.1 Å². The Balaban J connectivity index is 1.30. The fraction of sp³-hybridized carbons (Fsp3) is 0.591. The molecule has 5 aliphatic rings. The molecule has 1 aromatic rings. The number of carbonyl (C=O) groups is 3. The van der Waals surface area contributed by atoms with Gasteiger partial charge in [0.2, 0.25) is 5.91 Å². The summed E-state index contributed by atoms with van der Waals surface area (Å²) in [5.41, 5.74) is -0.778. The summed E-state index contributed by atoms with van der Waals surface area (Å²) < 4.78 is 16.4. The van der Waals surface area contributed by atoms with Crippen LogP contribution in [0.1, 0.15) is 43.0 Å². The molecule has 4 bridgehead atoms. The number of ether oxygens (including phenoxy) is 3. The standard InChI is InChI=1S/C22H26N2O8/c1-21-9-22-8-11(21)7-14(32-21)18(22)24(20(29)31-10-22)6-5-15(26)23-16-13(25)4-3-12(17(16)27)19(28)30-2/h3-4,11,14,18,25,27H,5-10H2,1-2H3,(H,23,26). The Hall–Kier alpha value is -3.01. The van der Waals surface area contributed by atoms with Crippen LogP contribution in [0.3, 0.4) is 0 Å². The van der Waals surface area contributed by atoms with Crippen LogP contribution in [0.2, 0.25) is 0 Å². The van der Waals surface area contributed by atoms with Gasteiger partial charge in [-0.2, -0.15) is 0 Å². The van der Waals surface area contributed by atoms with E-state index in [4.69, 9.17) is 9.47 Å². The first-order valence-corrected chi connectivity index (χ1v) is 10.7. The van der Waals surface area contributed by atoms with E-state index >= 15 is 0 Å². The van der Waals surface area contributed by atoms with E-state index in [1.807, 2.05) is 0 Å². The molecule has 10 nitrogen and oxygen atoms in total. The highest BCUT2D eigenvalue weighted by molar-refractivity contribution is 6.00. The Morgan fingerprint density at radius 1 is 1.34 bits per heavy atom. The van der Waals surface area contributed by atoms with Crippen LogP contribution in [0, 0.1) is 11.3 Å². The van der Waals surface area contributed by atoms with Gasteiger partial charge in [-0.05, 0) is 44.2 Å². The van der Waals surface area contributed by atoms with Gasteiger partial charge < -0.3 is 34.6 Å². The van der Waals surface area contributed by atoms with Gasteiger partial charge in [0.05, 0.1) is 24.9 Å². The third-order valence-corrected chi connectivity index (χ3v) is 7.60. The number of cyclic esters (lactones) is 1. The van der Waals surface area contributed by atoms with Gasteiger partial charge >= 0.3 is 12.1 Å². The van der Waals surface area contributed by atoms with Crippen molar-refractivity contribution in [3.05, 3.63) is 17.7 Å². The number of rotatable bonds is 5. The monoisotopic (exact) mass is 446 g/mol. The molecule has 10 heteroatoms. The molecule has 2 saturated carbocycles. The van der Waals surface area contributed by atoms with Gasteiger partial charge in [0.1, 0.15) is 23.6 Å². The highest BCUT2D eigenvalue weighted by Gasteiger charge is 2.71. The second-order valence-electron chi connectivity index (χ2n) is 9.48. The number of benzene rings is 1. The fourth-order valence-electron chi connectivity index (χ4n) is 6.34. The molecule has 32 heavy (non-hydrogen) atoms. The number of nitrogens with one attached hydrogen (secondary N) is 1. The van der Waals surface area contributed by atoms with E-state index in [1.54, 1.807) is 4.90 Å². The van der Waals surface area contributed by atoms with Crippen LogP contribution in [0.5, 0.6) is 11.5 Å². The summed E-state index contributed by atoms with van der Waals surface area (Å²) in [6.07, 6.45) is 2.08. The molecule has 3 aliphatic heterocycles. The van der Waals surface area contributed by atoms with Gasteiger partial charge in [-0.15, -0.1) is 0 Å². The molecule has 172 valence electrons. The number of esters is 1. The molecular weight excluding hydrogens is 420 g/mol. The molecule has 6 rings (SSSR count). The number of phenols is 2. The van der Waals surface area contributed by atoms with E-state index in [0.29, 0.717) is 12.5 Å². The third kappa shape index (κ3) is 2.92. The first-order chi connectivity index (χ1) is 15.2. The first kappa shape index (κ1) is 20.9. The van der Waals surface area contributed by atoms with E-state index in [0.717, 1.165) is 26.4 Å². The lowest BCUT2D eigenvalue weighted by Crippen LogP contribution is -2.65. The smallest absolute Gasteiger partial charge is 0.410 e. The van der Waals surface area contributed by atoms with Crippen LogP contribution in [-0.2, 0) is 19.0 Å². The van der Waals surface area contributed by atoms with Crippen molar-refractivity contribution in [2.24, 2.45) is 11.3 Å². The highest BCUT2D eigenvalue weighted by Crippen LogP contribution is 2.65. The van der Waals surface area contributed by atoms with Gasteiger partial charge in [-0.1, -0.05) is 0 Å². The Bertz CT molecular complexity index is 1010. The number of phenolic OH excluding ortho intramolecular Hbond substituents is 2. The number of hydrogen-bond acceptors (Lipinski definition) is 8. The third-order valence-electron chi connectivity index (χ3n) is 7.60. The molecule has 2 aliphatic carbocycles. The predicted octanol–water partition coefficient (Wildman–Crippen LogP) is 1.99. The molecule has 0 radical (unpaired) electrons. The summed E-state index contributed by atoms with van der Waals surface area (Å²) in [6, 6.07) is 2.24. The highest BCUT2D eigenvalue weighted by atomic mass is 16.6. The molecule has 1 spiro atoms. The summed E-state index contributed by atoms with van der Waals surface area (Å²) in [4.78, 5) is 38.6. The van der Waals surface area contributed by atoms with Gasteiger partial charge in [-0.25, -0.2) is 9.59 Å². The Morgan fingerprint density at radius 2 is 2.12 bits per heavy atom. The van der Waals surface area contributed by atoms with E-state index in [1.165, 1.54) is 12.1 Å². The van der Waals surface area contributed by atoms with Crippen LogP contribution >= 0.6 is 0 Å². The maximum absolute atomic E-state index is 12.6. The first-order valence-electron chi connectivity index (χ1n) is 10.7. The number of nitrogens with zero attached hydrogens (tertiary/aromatic N) is 1. The summed E-state index contributed by atoms with van der Waals surface area (Å²) in [5, 5.41) is 22.8. The second-order valence-corrected chi connectivity index (χ2v) is 9.48. The molecule has 3 N–H and O–H groups in total. The van der Waals surface area contributed by atoms with Crippen molar-refractivity contribution in [1.82, 2.24) is 4.90 Å². The Morgan fingerprint density at radius 3 is 2.84 bits per heavy atom. The Kier molecular flexibility index (Phi) is 4.56. The average Bonchev–Trinajstić information content (AvgIpc) is 3.12. The molecule has 2 amide bonds. The lowest BCUT2D eigenvalue weighted by Gasteiger charge is -2.53. The van der Waals surface area contributed by atoms with Crippen molar-refractivity contribution in [2.45, 2.75) is 50.4 Å². The molecule has 1 aromatic carbocycles. The minimum absolute atomic E-state index is 0.0618. The quantitative estimate of drug-likeness (QED) is 0.462. The van der Waals surface area contributed by atoms with E-state index in [-0.39, 0.29) is 47.4 Å². The number of methoxy groups -OCH3 is 1. The molecule has 0 aromatic heterocycles. The average molecular weight is 446 g/mol. The minimum atomic E-state index is -0.806. The van der Waals surface area contributed by atoms with E-state index in [2.05, 4.69) is 17.0 Å². The maximum atomic E-state index is 12.6. The predicted molar refractivity (Wildman–Crippen MR) is 109 cm³/mol. The van der Waals surface area contributed by atoms with E-state index < -0.39 is 29.5 Å². The number of carbonyl (C=O) groups excluding carboxylic acids is 3. The molecular formula is C22H26N2O8. The Labute approximate surface area is 184 Å². The molecule has 5 atom stereocenters. The van der Waals surface area contributed by atoms with Crippen LogP contribution in [0.15, 0.2) is 12.1 Å². The summed E-state index contributed by atoms with van der Waals surface area (Å²) in [7, 11) is 1.16. The van der Waals surface area contributed by atoms with Gasteiger partial charge in [0, 0.05) is 18.4 Å². The topological polar surface area (TPSA) is 135 Å². The SMILES string of the molecule is COC(=O)c1ccc(O)c(NC(=O)CCN2C(=O)OCC34CC5CC(OC5(C)C3)C24)c1O. The second kappa shape index (κ2) is 6.99.